The molecule has 0 aliphatic rings. The van der Waals surface area contributed by atoms with E-state index in [4.69, 9.17) is 11.6 Å². The van der Waals surface area contributed by atoms with E-state index in [0.29, 0.717) is 5.02 Å². The van der Waals surface area contributed by atoms with Gasteiger partial charge in [-0.3, -0.25) is 0 Å². The van der Waals surface area contributed by atoms with Crippen LogP contribution in [-0.2, 0) is 0 Å². The van der Waals surface area contributed by atoms with Crippen LogP contribution in [0.4, 0.5) is 5.69 Å². The minimum atomic E-state index is -0.0131. The number of phenolic OH excluding ortho intramolecular Hbond substituents is 1. The first-order valence-electron chi connectivity index (χ1n) is 6.29. The maximum absolute atomic E-state index is 9.88. The van der Waals surface area contributed by atoms with Crippen molar-refractivity contribution in [2.75, 3.05) is 5.32 Å². The lowest BCUT2D eigenvalue weighted by Crippen LogP contribution is -2.07. The highest BCUT2D eigenvalue weighted by molar-refractivity contribution is 6.30. The first-order valence-corrected chi connectivity index (χ1v) is 6.67. The lowest BCUT2D eigenvalue weighted by Gasteiger charge is -2.18. The molecule has 0 aliphatic heterocycles. The predicted octanol–water partition coefficient (Wildman–Crippen LogP) is 4.84. The molecule has 0 spiro atoms. The van der Waals surface area contributed by atoms with Gasteiger partial charge in [-0.15, -0.1) is 0 Å². The van der Waals surface area contributed by atoms with Crippen LogP contribution in [0.15, 0.2) is 36.4 Å². The van der Waals surface area contributed by atoms with Crippen molar-refractivity contribution < 1.29 is 5.11 Å². The van der Waals surface area contributed by atoms with Crippen LogP contribution >= 0.6 is 11.6 Å². The number of rotatable bonds is 3. The Morgan fingerprint density at radius 1 is 1.05 bits per heavy atom. The van der Waals surface area contributed by atoms with Gasteiger partial charge in [0.15, 0.2) is 0 Å². The van der Waals surface area contributed by atoms with Crippen LogP contribution in [0.1, 0.15) is 29.7 Å². The molecule has 2 nitrogen and oxygen atoms in total. The maximum Gasteiger partial charge on any atom is 0.120 e. The first kappa shape index (κ1) is 13.8. The molecule has 0 heterocycles. The smallest absolute Gasteiger partial charge is 0.120 e. The summed E-state index contributed by atoms with van der Waals surface area (Å²) in [5.41, 5.74) is 4.34. The molecule has 2 N–H and O–H groups in total. The third-order valence-corrected chi connectivity index (χ3v) is 3.58. The Morgan fingerprint density at radius 3 is 2.47 bits per heavy atom. The molecule has 0 aromatic heterocycles. The standard InChI is InChI=1S/C16H18ClNO/c1-10-4-6-14(8-11(10)2)18-12(3)15-9-13(17)5-7-16(15)19/h4-9,12,18-19H,1-3H3/t12-/m1/s1. The average molecular weight is 276 g/mol. The van der Waals surface area contributed by atoms with Gasteiger partial charge in [0.1, 0.15) is 5.75 Å². The van der Waals surface area contributed by atoms with Gasteiger partial charge in [0.25, 0.3) is 0 Å². The second kappa shape index (κ2) is 5.54. The molecule has 2 aromatic carbocycles. The molecule has 2 aromatic rings. The Hall–Kier alpha value is -1.67. The van der Waals surface area contributed by atoms with Crippen LogP contribution in [0.3, 0.4) is 0 Å². The number of halogens is 1. The molecular formula is C16H18ClNO. The van der Waals surface area contributed by atoms with Crippen LogP contribution in [0.25, 0.3) is 0 Å². The van der Waals surface area contributed by atoms with Crippen molar-refractivity contribution >= 4 is 17.3 Å². The van der Waals surface area contributed by atoms with Crippen molar-refractivity contribution in [2.24, 2.45) is 0 Å². The summed E-state index contributed by atoms with van der Waals surface area (Å²) in [6.07, 6.45) is 0. The van der Waals surface area contributed by atoms with E-state index in [0.717, 1.165) is 11.3 Å². The van der Waals surface area contributed by atoms with Gasteiger partial charge in [-0.2, -0.15) is 0 Å². The van der Waals surface area contributed by atoms with Gasteiger partial charge < -0.3 is 10.4 Å². The maximum atomic E-state index is 9.88. The van der Waals surface area contributed by atoms with E-state index in [1.165, 1.54) is 11.1 Å². The summed E-state index contributed by atoms with van der Waals surface area (Å²) in [7, 11) is 0. The number of hydrogen-bond acceptors (Lipinski definition) is 2. The van der Waals surface area contributed by atoms with Crippen molar-refractivity contribution in [3.63, 3.8) is 0 Å². The third-order valence-electron chi connectivity index (χ3n) is 3.35. The summed E-state index contributed by atoms with van der Waals surface area (Å²) in [4.78, 5) is 0. The van der Waals surface area contributed by atoms with Crippen molar-refractivity contribution in [1.29, 1.82) is 0 Å². The molecule has 0 amide bonds. The van der Waals surface area contributed by atoms with E-state index in [2.05, 4.69) is 31.3 Å². The van der Waals surface area contributed by atoms with E-state index in [-0.39, 0.29) is 11.8 Å². The van der Waals surface area contributed by atoms with Gasteiger partial charge in [0.05, 0.1) is 6.04 Å². The Balaban J connectivity index is 2.22. The number of benzene rings is 2. The highest BCUT2D eigenvalue weighted by Crippen LogP contribution is 2.29. The molecule has 0 saturated carbocycles. The molecule has 0 aliphatic carbocycles. The van der Waals surface area contributed by atoms with Crippen LogP contribution in [-0.4, -0.2) is 5.11 Å². The number of nitrogens with one attached hydrogen (secondary N) is 1. The average Bonchev–Trinajstić information content (AvgIpc) is 2.36. The fourth-order valence-corrected chi connectivity index (χ4v) is 2.21. The van der Waals surface area contributed by atoms with Crippen molar-refractivity contribution in [3.05, 3.63) is 58.1 Å². The van der Waals surface area contributed by atoms with E-state index >= 15 is 0 Å². The number of aryl methyl sites for hydroxylation is 2. The Kier molecular flexibility index (Phi) is 4.01. The van der Waals surface area contributed by atoms with Gasteiger partial charge in [-0.1, -0.05) is 17.7 Å². The zero-order valence-corrected chi connectivity index (χ0v) is 12.1. The second-order valence-corrected chi connectivity index (χ2v) is 5.30. The molecule has 1 atom stereocenters. The third kappa shape index (κ3) is 3.21. The van der Waals surface area contributed by atoms with E-state index in [9.17, 15) is 5.11 Å². The summed E-state index contributed by atoms with van der Waals surface area (Å²) in [5.74, 6) is 0.258. The molecule has 0 saturated heterocycles. The number of anilines is 1. The Bertz CT molecular complexity index is 595. The minimum Gasteiger partial charge on any atom is -0.508 e. The van der Waals surface area contributed by atoms with Crippen LogP contribution in [0.5, 0.6) is 5.75 Å². The largest absolute Gasteiger partial charge is 0.508 e. The van der Waals surface area contributed by atoms with E-state index in [1.54, 1.807) is 18.2 Å². The molecule has 100 valence electrons. The SMILES string of the molecule is Cc1ccc(N[C@H](C)c2cc(Cl)ccc2O)cc1C. The molecular weight excluding hydrogens is 258 g/mol. The molecule has 2 rings (SSSR count). The highest BCUT2D eigenvalue weighted by Gasteiger charge is 2.11. The van der Waals surface area contributed by atoms with Gasteiger partial charge in [-0.25, -0.2) is 0 Å². The summed E-state index contributed by atoms with van der Waals surface area (Å²) in [6, 6.07) is 11.3. The fourth-order valence-electron chi connectivity index (χ4n) is 2.03. The summed E-state index contributed by atoms with van der Waals surface area (Å²) in [5, 5.41) is 13.9. The number of hydrogen-bond donors (Lipinski definition) is 2. The van der Waals surface area contributed by atoms with Crippen LogP contribution in [0.2, 0.25) is 5.02 Å². The molecule has 0 radical (unpaired) electrons. The van der Waals surface area contributed by atoms with Crippen molar-refractivity contribution in [2.45, 2.75) is 26.8 Å². The molecule has 0 fully saturated rings. The number of phenols is 1. The first-order chi connectivity index (χ1) is 8.97. The second-order valence-electron chi connectivity index (χ2n) is 4.87. The zero-order valence-electron chi connectivity index (χ0n) is 11.4. The van der Waals surface area contributed by atoms with Crippen molar-refractivity contribution in [3.8, 4) is 5.75 Å². The van der Waals surface area contributed by atoms with Gasteiger partial charge in [-0.05, 0) is 62.2 Å². The lowest BCUT2D eigenvalue weighted by molar-refractivity contribution is 0.465. The Morgan fingerprint density at radius 2 is 1.79 bits per heavy atom. The predicted molar refractivity (Wildman–Crippen MR) is 81.1 cm³/mol. The lowest BCUT2D eigenvalue weighted by atomic mass is 10.1. The highest BCUT2D eigenvalue weighted by atomic mass is 35.5. The molecule has 0 unspecified atom stereocenters. The summed E-state index contributed by atoms with van der Waals surface area (Å²) < 4.78 is 0. The molecule has 19 heavy (non-hydrogen) atoms. The zero-order chi connectivity index (χ0) is 14.0. The monoisotopic (exact) mass is 275 g/mol. The minimum absolute atomic E-state index is 0.0131. The van der Waals surface area contributed by atoms with Crippen LogP contribution < -0.4 is 5.32 Å². The topological polar surface area (TPSA) is 32.3 Å². The quantitative estimate of drug-likeness (QED) is 0.840. The normalized spacial score (nSPS) is 12.2. The Labute approximate surface area is 119 Å². The summed E-state index contributed by atoms with van der Waals surface area (Å²) >= 11 is 5.97. The number of aromatic hydroxyl groups is 1. The summed E-state index contributed by atoms with van der Waals surface area (Å²) in [6.45, 7) is 6.17. The van der Waals surface area contributed by atoms with Gasteiger partial charge in [0, 0.05) is 16.3 Å². The van der Waals surface area contributed by atoms with Crippen molar-refractivity contribution in [1.82, 2.24) is 0 Å². The van der Waals surface area contributed by atoms with Gasteiger partial charge in [0.2, 0.25) is 0 Å². The van der Waals surface area contributed by atoms with E-state index in [1.807, 2.05) is 13.0 Å². The molecule has 0 bridgehead atoms. The molecule has 3 heteroatoms. The van der Waals surface area contributed by atoms with Crippen LogP contribution in [0, 0.1) is 13.8 Å². The van der Waals surface area contributed by atoms with Gasteiger partial charge >= 0.3 is 0 Å². The van der Waals surface area contributed by atoms with E-state index < -0.39 is 0 Å². The fraction of sp³-hybridized carbons (Fsp3) is 0.250.